The Morgan fingerprint density at radius 1 is 1.11 bits per heavy atom. The molecule has 5 heteroatoms. The Labute approximate surface area is 159 Å². The van der Waals surface area contributed by atoms with E-state index in [1.165, 1.54) is 0 Å². The van der Waals surface area contributed by atoms with Gasteiger partial charge in [0.25, 0.3) is 5.56 Å². The molecule has 2 aromatic heterocycles. The lowest BCUT2D eigenvalue weighted by Crippen LogP contribution is -2.14. The molecule has 2 heterocycles. The van der Waals surface area contributed by atoms with Crippen LogP contribution < -0.4 is 5.56 Å². The van der Waals surface area contributed by atoms with Gasteiger partial charge in [0.05, 0.1) is 17.4 Å². The summed E-state index contributed by atoms with van der Waals surface area (Å²) in [6.45, 7) is 1.92. The molecule has 0 atom stereocenters. The van der Waals surface area contributed by atoms with Crippen LogP contribution in [0.25, 0.3) is 22.2 Å². The van der Waals surface area contributed by atoms with Crippen molar-refractivity contribution in [3.05, 3.63) is 52.7 Å². The lowest BCUT2D eigenvalue weighted by Gasteiger charge is -2.06. The molecular weight excluding hydrogens is 338 g/mol. The van der Waals surface area contributed by atoms with Crippen LogP contribution in [-0.4, -0.2) is 20.3 Å². The number of benzene rings is 1. The number of ketones is 1. The fourth-order valence-corrected chi connectivity index (χ4v) is 3.33. The maximum Gasteiger partial charge on any atom is 0.250 e. The van der Waals surface area contributed by atoms with Crippen LogP contribution in [-0.2, 0) is 18.3 Å². The highest BCUT2D eigenvalue weighted by molar-refractivity contribution is 5.84. The summed E-state index contributed by atoms with van der Waals surface area (Å²) < 4.78 is 1.66. The molecule has 27 heavy (non-hydrogen) atoms. The number of nitrogens with zero attached hydrogens (tertiary/aromatic N) is 2. The fraction of sp³-hybridized carbons (Fsp3) is 0.409. The second-order valence-electron chi connectivity index (χ2n) is 7.05. The summed E-state index contributed by atoms with van der Waals surface area (Å²) in [5.74, 6) is 1.36. The van der Waals surface area contributed by atoms with Gasteiger partial charge in [0, 0.05) is 37.9 Å². The van der Waals surface area contributed by atoms with Gasteiger partial charge in [-0.05, 0) is 36.4 Å². The molecule has 3 rings (SSSR count). The van der Waals surface area contributed by atoms with Crippen molar-refractivity contribution in [3.63, 3.8) is 0 Å². The van der Waals surface area contributed by atoms with E-state index in [4.69, 9.17) is 0 Å². The van der Waals surface area contributed by atoms with Crippen LogP contribution in [0.1, 0.15) is 51.3 Å². The van der Waals surface area contributed by atoms with Crippen LogP contribution in [0.15, 0.2) is 41.3 Å². The molecule has 0 aliphatic carbocycles. The number of rotatable bonds is 9. The first-order valence-corrected chi connectivity index (χ1v) is 9.74. The van der Waals surface area contributed by atoms with E-state index in [1.807, 2.05) is 31.3 Å². The molecule has 5 nitrogen and oxygen atoms in total. The van der Waals surface area contributed by atoms with Gasteiger partial charge in [0.1, 0.15) is 11.6 Å². The van der Waals surface area contributed by atoms with Crippen LogP contribution in [0.4, 0.5) is 0 Å². The Balaban J connectivity index is 1.57. The minimum atomic E-state index is -0.00173. The molecule has 0 aliphatic heterocycles. The Kier molecular flexibility index (Phi) is 6.22. The van der Waals surface area contributed by atoms with Crippen molar-refractivity contribution < 1.29 is 4.79 Å². The van der Waals surface area contributed by atoms with E-state index in [0.29, 0.717) is 12.2 Å². The Hall–Kier alpha value is -2.69. The van der Waals surface area contributed by atoms with E-state index in [2.05, 4.69) is 16.0 Å². The van der Waals surface area contributed by atoms with Gasteiger partial charge in [0.2, 0.25) is 0 Å². The molecule has 0 saturated carbocycles. The number of unbranched alkanes of at least 4 members (excludes halogenated alkanes) is 3. The number of fused-ring (bicyclic) bond motifs is 1. The van der Waals surface area contributed by atoms with Gasteiger partial charge in [-0.1, -0.05) is 25.8 Å². The Morgan fingerprint density at radius 3 is 2.74 bits per heavy atom. The first-order chi connectivity index (χ1) is 13.1. The second-order valence-corrected chi connectivity index (χ2v) is 7.05. The van der Waals surface area contributed by atoms with Gasteiger partial charge < -0.3 is 9.55 Å². The quantitative estimate of drug-likeness (QED) is 0.572. The maximum atomic E-state index is 11.7. The van der Waals surface area contributed by atoms with Crippen molar-refractivity contribution in [1.29, 1.82) is 0 Å². The van der Waals surface area contributed by atoms with Gasteiger partial charge in [-0.3, -0.25) is 9.59 Å². The number of aryl methyl sites for hydroxylation is 2. The number of pyridine rings is 1. The predicted molar refractivity (Wildman–Crippen MR) is 109 cm³/mol. The predicted octanol–water partition coefficient (Wildman–Crippen LogP) is 4.40. The van der Waals surface area contributed by atoms with Crippen LogP contribution in [0.3, 0.4) is 0 Å². The van der Waals surface area contributed by atoms with E-state index >= 15 is 0 Å². The summed E-state index contributed by atoms with van der Waals surface area (Å²) in [7, 11) is 1.79. The third-order valence-electron chi connectivity index (χ3n) is 5.08. The summed E-state index contributed by atoms with van der Waals surface area (Å²) >= 11 is 0. The molecule has 1 N–H and O–H groups in total. The van der Waals surface area contributed by atoms with Gasteiger partial charge >= 0.3 is 0 Å². The first-order valence-electron chi connectivity index (χ1n) is 9.74. The number of imidazole rings is 1. The largest absolute Gasteiger partial charge is 0.342 e. The van der Waals surface area contributed by atoms with E-state index in [1.54, 1.807) is 17.7 Å². The highest BCUT2D eigenvalue weighted by Crippen LogP contribution is 2.22. The molecule has 1 aromatic carbocycles. The minimum absolute atomic E-state index is 0.00173. The Morgan fingerprint density at radius 2 is 1.93 bits per heavy atom. The zero-order valence-corrected chi connectivity index (χ0v) is 16.1. The number of H-pyrrole nitrogens is 1. The third kappa shape index (κ3) is 4.73. The van der Waals surface area contributed by atoms with Gasteiger partial charge in [-0.25, -0.2) is 4.98 Å². The molecule has 0 saturated heterocycles. The summed E-state index contributed by atoms with van der Waals surface area (Å²) in [5, 5.41) is 1.03. The number of Topliss-reactive ketones (excluding diaryl/α,β-unsaturated/α-hetero) is 1. The molecule has 142 valence electrons. The maximum absolute atomic E-state index is 11.7. The smallest absolute Gasteiger partial charge is 0.250 e. The van der Waals surface area contributed by atoms with E-state index in [-0.39, 0.29) is 5.56 Å². The molecule has 0 spiro atoms. The van der Waals surface area contributed by atoms with Crippen LogP contribution >= 0.6 is 0 Å². The van der Waals surface area contributed by atoms with E-state index in [9.17, 15) is 9.59 Å². The highest BCUT2D eigenvalue weighted by atomic mass is 16.1. The van der Waals surface area contributed by atoms with Crippen molar-refractivity contribution in [2.45, 2.75) is 51.9 Å². The topological polar surface area (TPSA) is 67.8 Å². The number of carbonyl (C=O) groups is 1. The van der Waals surface area contributed by atoms with Gasteiger partial charge in [-0.2, -0.15) is 0 Å². The Bertz CT molecular complexity index is 985. The monoisotopic (exact) mass is 365 g/mol. The SMILES string of the molecule is CCC(=O)CCCCCCc1ncc(-c2ccc3c(ccc(=O)n3C)c2)[nH]1. The lowest BCUT2D eigenvalue weighted by atomic mass is 10.1. The normalized spacial score (nSPS) is 11.2. The number of hydrogen-bond acceptors (Lipinski definition) is 3. The first kappa shape index (κ1) is 19.1. The molecule has 0 unspecified atom stereocenters. The fourth-order valence-electron chi connectivity index (χ4n) is 3.33. The lowest BCUT2D eigenvalue weighted by molar-refractivity contribution is -0.118. The van der Waals surface area contributed by atoms with Crippen molar-refractivity contribution in [2.75, 3.05) is 0 Å². The number of hydrogen-bond donors (Lipinski definition) is 1. The summed E-state index contributed by atoms with van der Waals surface area (Å²) in [5.41, 5.74) is 2.98. The molecule has 0 radical (unpaired) electrons. The average molecular weight is 365 g/mol. The molecule has 0 amide bonds. The number of carbonyl (C=O) groups excluding carboxylic acids is 1. The van der Waals surface area contributed by atoms with Crippen molar-refractivity contribution in [2.24, 2.45) is 7.05 Å². The second kappa shape index (κ2) is 8.80. The van der Waals surface area contributed by atoms with Gasteiger partial charge in [0.15, 0.2) is 0 Å². The zero-order chi connectivity index (χ0) is 19.2. The molecule has 0 aliphatic rings. The molecule has 3 aromatic rings. The standard InChI is InChI=1S/C22H27N3O2/c1-3-18(26)8-6-4-5-7-9-21-23-15-19(24-21)16-10-12-20-17(14-16)11-13-22(27)25(20)2/h10-15H,3-9H2,1-2H3,(H,23,24). The summed E-state index contributed by atoms with van der Waals surface area (Å²) in [4.78, 5) is 30.9. The van der Waals surface area contributed by atoms with Crippen LogP contribution in [0, 0.1) is 0 Å². The van der Waals surface area contributed by atoms with Gasteiger partial charge in [-0.15, -0.1) is 0 Å². The highest BCUT2D eigenvalue weighted by Gasteiger charge is 2.06. The number of aromatic nitrogens is 3. The molecule has 0 fully saturated rings. The average Bonchev–Trinajstić information content (AvgIpc) is 3.16. The van der Waals surface area contributed by atoms with Crippen LogP contribution in [0.5, 0.6) is 0 Å². The zero-order valence-electron chi connectivity index (χ0n) is 16.1. The van der Waals surface area contributed by atoms with Crippen LogP contribution in [0.2, 0.25) is 0 Å². The summed E-state index contributed by atoms with van der Waals surface area (Å²) in [6.07, 6.45) is 8.46. The minimum Gasteiger partial charge on any atom is -0.342 e. The van der Waals surface area contributed by atoms with E-state index in [0.717, 1.165) is 66.5 Å². The molecule has 0 bridgehead atoms. The summed E-state index contributed by atoms with van der Waals surface area (Å²) in [6, 6.07) is 9.53. The van der Waals surface area contributed by atoms with E-state index < -0.39 is 0 Å². The van der Waals surface area contributed by atoms with Crippen molar-refractivity contribution in [1.82, 2.24) is 14.5 Å². The molecular formula is C22H27N3O2. The van der Waals surface area contributed by atoms with Crippen molar-refractivity contribution >= 4 is 16.7 Å². The van der Waals surface area contributed by atoms with Crippen molar-refractivity contribution in [3.8, 4) is 11.3 Å². The number of aromatic amines is 1. The third-order valence-corrected chi connectivity index (χ3v) is 5.08. The number of nitrogens with one attached hydrogen (secondary N) is 1.